The minimum Gasteiger partial charge on any atom is -0.366 e. The molecule has 2 atom stereocenters. The lowest BCUT2D eigenvalue weighted by molar-refractivity contribution is -0.124. The van der Waals surface area contributed by atoms with Crippen LogP contribution in [-0.2, 0) is 17.8 Å². The Morgan fingerprint density at radius 3 is 2.97 bits per heavy atom. The Hall–Kier alpha value is -3.59. The third-order valence-corrected chi connectivity index (χ3v) is 6.44. The molecule has 1 unspecified atom stereocenters. The fraction of sp³-hybridized carbons (Fsp3) is 0.292. The van der Waals surface area contributed by atoms with Crippen LogP contribution < -0.4 is 21.5 Å². The lowest BCUT2D eigenvalue weighted by atomic mass is 10.1. The molecule has 1 amide bonds. The quantitative estimate of drug-likeness (QED) is 0.586. The molecular formula is C24H24ClFN6O2. The fourth-order valence-electron chi connectivity index (χ4n) is 4.57. The first-order valence-electron chi connectivity index (χ1n) is 11.1. The zero-order valence-corrected chi connectivity index (χ0v) is 19.3. The van der Waals surface area contributed by atoms with Crippen LogP contribution in [0.15, 0.2) is 59.3 Å². The molecule has 3 N–H and O–H groups in total. The smallest absolute Gasteiger partial charge is 0.294 e. The second kappa shape index (κ2) is 8.98. The second-order valence-corrected chi connectivity index (χ2v) is 8.87. The predicted molar refractivity (Wildman–Crippen MR) is 127 cm³/mol. The monoisotopic (exact) mass is 482 g/mol. The van der Waals surface area contributed by atoms with E-state index in [1.54, 1.807) is 6.92 Å². The Morgan fingerprint density at radius 2 is 2.15 bits per heavy atom. The number of hydrogen-bond donors (Lipinski definition) is 3. The number of amides is 1. The van der Waals surface area contributed by atoms with Crippen molar-refractivity contribution < 1.29 is 9.18 Å². The second-order valence-electron chi connectivity index (χ2n) is 8.52. The third-order valence-electron chi connectivity index (χ3n) is 6.14. The summed E-state index contributed by atoms with van der Waals surface area (Å²) in [6.07, 6.45) is 10.7. The van der Waals surface area contributed by atoms with Gasteiger partial charge in [0, 0.05) is 18.9 Å². The number of fused-ring (bicyclic) bond motifs is 2. The molecule has 0 saturated heterocycles. The number of nitrogens with one attached hydrogen (secondary N) is 3. The van der Waals surface area contributed by atoms with Crippen LogP contribution in [0.25, 0.3) is 0 Å². The van der Waals surface area contributed by atoms with Gasteiger partial charge in [0.15, 0.2) is 11.0 Å². The maximum absolute atomic E-state index is 13.7. The molecular weight excluding hydrogens is 459 g/mol. The summed E-state index contributed by atoms with van der Waals surface area (Å²) in [4.78, 5) is 32.5. The van der Waals surface area contributed by atoms with E-state index in [0.717, 1.165) is 11.3 Å². The fourth-order valence-corrected chi connectivity index (χ4v) is 4.84. The molecule has 34 heavy (non-hydrogen) atoms. The van der Waals surface area contributed by atoms with E-state index in [4.69, 9.17) is 11.6 Å². The van der Waals surface area contributed by atoms with Crippen LogP contribution in [0.5, 0.6) is 0 Å². The van der Waals surface area contributed by atoms with Gasteiger partial charge in [0.25, 0.3) is 5.56 Å². The van der Waals surface area contributed by atoms with E-state index in [-0.39, 0.29) is 35.4 Å². The van der Waals surface area contributed by atoms with Gasteiger partial charge >= 0.3 is 0 Å². The summed E-state index contributed by atoms with van der Waals surface area (Å²) >= 11 is 6.37. The number of aryl methyl sites for hydroxylation is 1. The maximum Gasteiger partial charge on any atom is 0.294 e. The van der Waals surface area contributed by atoms with E-state index in [9.17, 15) is 14.0 Å². The normalized spacial score (nSPS) is 20.0. The first-order valence-corrected chi connectivity index (χ1v) is 11.5. The Labute approximate surface area is 200 Å². The summed E-state index contributed by atoms with van der Waals surface area (Å²) in [6.45, 7) is 2.32. The number of anilines is 1. The van der Waals surface area contributed by atoms with Gasteiger partial charge in [-0.15, -0.1) is 0 Å². The molecule has 5 rings (SSSR count). The summed E-state index contributed by atoms with van der Waals surface area (Å²) in [5, 5.41) is 9.32. The zero-order valence-electron chi connectivity index (χ0n) is 18.5. The van der Waals surface area contributed by atoms with E-state index in [1.807, 2.05) is 41.6 Å². The van der Waals surface area contributed by atoms with Gasteiger partial charge in [-0.05, 0) is 55.2 Å². The van der Waals surface area contributed by atoms with Crippen molar-refractivity contribution in [2.75, 3.05) is 11.9 Å². The van der Waals surface area contributed by atoms with Crippen LogP contribution in [0.2, 0.25) is 5.15 Å². The average molecular weight is 483 g/mol. The van der Waals surface area contributed by atoms with Gasteiger partial charge in [-0.25, -0.2) is 9.37 Å². The maximum atomic E-state index is 13.7. The molecule has 1 aromatic carbocycles. The lowest BCUT2D eigenvalue weighted by Crippen LogP contribution is -2.39. The van der Waals surface area contributed by atoms with Crippen molar-refractivity contribution in [3.8, 4) is 0 Å². The highest BCUT2D eigenvalue weighted by atomic mass is 35.5. The predicted octanol–water partition coefficient (Wildman–Crippen LogP) is 2.72. The molecule has 0 spiro atoms. The van der Waals surface area contributed by atoms with Crippen molar-refractivity contribution in [2.45, 2.75) is 38.5 Å². The standard InChI is InChI=1S/C24H24ClFN6O2/c1-14-8-15(10-16(26)9-14)11-28-22-24(34)32-18(21(25)30-22)5-6-19(32)23(33)29-13-17-12-27-20-4-2-3-7-31(17)20/h2-4,7-10,12,19-20,27H,5-6,11,13H2,1H3,(H,28,30)(H,29,33)/t19-,20?/m0/s1. The van der Waals surface area contributed by atoms with Crippen LogP contribution in [0.1, 0.15) is 29.3 Å². The Balaban J connectivity index is 1.31. The van der Waals surface area contributed by atoms with E-state index < -0.39 is 11.6 Å². The number of nitrogens with zero attached hydrogens (tertiary/aromatic N) is 3. The molecule has 0 aliphatic carbocycles. The van der Waals surface area contributed by atoms with Gasteiger partial charge in [-0.3, -0.25) is 14.2 Å². The molecule has 1 aromatic heterocycles. The number of benzene rings is 1. The molecule has 0 saturated carbocycles. The van der Waals surface area contributed by atoms with Crippen LogP contribution in [0.4, 0.5) is 10.2 Å². The van der Waals surface area contributed by atoms with Gasteiger partial charge in [-0.1, -0.05) is 23.7 Å². The van der Waals surface area contributed by atoms with Gasteiger partial charge in [-0.2, -0.15) is 0 Å². The Kier molecular flexibility index (Phi) is 5.87. The van der Waals surface area contributed by atoms with Crippen LogP contribution in [0.3, 0.4) is 0 Å². The lowest BCUT2D eigenvalue weighted by Gasteiger charge is -2.25. The van der Waals surface area contributed by atoms with E-state index in [2.05, 4.69) is 20.9 Å². The largest absolute Gasteiger partial charge is 0.366 e. The van der Waals surface area contributed by atoms with Crippen molar-refractivity contribution >= 4 is 23.3 Å². The number of rotatable bonds is 6. The summed E-state index contributed by atoms with van der Waals surface area (Å²) in [5.74, 6) is -0.568. The molecule has 0 radical (unpaired) electrons. The Morgan fingerprint density at radius 1 is 1.29 bits per heavy atom. The molecule has 8 nitrogen and oxygen atoms in total. The Bertz CT molecular complexity index is 1280. The van der Waals surface area contributed by atoms with E-state index in [0.29, 0.717) is 30.6 Å². The molecule has 176 valence electrons. The minimum atomic E-state index is -0.678. The number of carbonyl (C=O) groups excluding carboxylic acids is 1. The van der Waals surface area contributed by atoms with Crippen LogP contribution in [-0.4, -0.2) is 33.1 Å². The summed E-state index contributed by atoms with van der Waals surface area (Å²) in [5.41, 5.74) is 2.50. The SMILES string of the molecule is Cc1cc(F)cc(CNc2nc(Cl)c3n(c2=O)[C@H](C(=O)NCC2=CNC4C=CC=CN24)CC3)c1. The van der Waals surface area contributed by atoms with Gasteiger partial charge in [0.05, 0.1) is 17.9 Å². The minimum absolute atomic E-state index is 0.0335. The molecule has 10 heteroatoms. The number of allylic oxidation sites excluding steroid dienone is 2. The average Bonchev–Trinajstić information content (AvgIpc) is 3.43. The summed E-state index contributed by atoms with van der Waals surface area (Å²) < 4.78 is 15.1. The highest BCUT2D eigenvalue weighted by Gasteiger charge is 2.33. The van der Waals surface area contributed by atoms with E-state index in [1.165, 1.54) is 16.7 Å². The molecule has 2 aromatic rings. The van der Waals surface area contributed by atoms with Crippen LogP contribution >= 0.6 is 11.6 Å². The summed E-state index contributed by atoms with van der Waals surface area (Å²) in [7, 11) is 0. The van der Waals surface area contributed by atoms with Crippen molar-refractivity contribution in [3.05, 3.63) is 92.7 Å². The highest BCUT2D eigenvalue weighted by molar-refractivity contribution is 6.30. The molecule has 3 aliphatic rings. The van der Waals surface area contributed by atoms with Crippen molar-refractivity contribution in [3.63, 3.8) is 0 Å². The summed E-state index contributed by atoms with van der Waals surface area (Å²) in [6, 6.07) is 3.97. The third kappa shape index (κ3) is 4.19. The van der Waals surface area contributed by atoms with Crippen molar-refractivity contribution in [1.82, 2.24) is 25.1 Å². The highest BCUT2D eigenvalue weighted by Crippen LogP contribution is 2.29. The van der Waals surface area contributed by atoms with Gasteiger partial charge < -0.3 is 20.9 Å². The first-order chi connectivity index (χ1) is 16.4. The number of carbonyl (C=O) groups is 1. The first kappa shape index (κ1) is 22.2. The zero-order chi connectivity index (χ0) is 23.8. The van der Waals surface area contributed by atoms with Crippen LogP contribution in [0, 0.1) is 12.7 Å². The van der Waals surface area contributed by atoms with Crippen molar-refractivity contribution in [1.29, 1.82) is 0 Å². The number of aromatic nitrogens is 2. The number of halogens is 2. The van der Waals surface area contributed by atoms with E-state index >= 15 is 0 Å². The molecule has 4 heterocycles. The van der Waals surface area contributed by atoms with Gasteiger partial charge in [0.1, 0.15) is 18.0 Å². The topological polar surface area (TPSA) is 91.3 Å². The number of hydrogen-bond acceptors (Lipinski definition) is 6. The molecule has 0 bridgehead atoms. The molecule has 0 fully saturated rings. The molecule has 3 aliphatic heterocycles. The van der Waals surface area contributed by atoms with Crippen molar-refractivity contribution in [2.24, 2.45) is 0 Å². The van der Waals surface area contributed by atoms with Gasteiger partial charge in [0.2, 0.25) is 5.91 Å².